The lowest BCUT2D eigenvalue weighted by atomic mass is 10.0. The number of carbonyl (C=O) groups excluding carboxylic acids is 2. The number of pyridine rings is 1. The minimum Gasteiger partial charge on any atom is -0.349 e. The van der Waals surface area contributed by atoms with Gasteiger partial charge in [0.05, 0.1) is 16.3 Å². The fourth-order valence-electron chi connectivity index (χ4n) is 3.49. The summed E-state index contributed by atoms with van der Waals surface area (Å²) >= 11 is 6.39. The van der Waals surface area contributed by atoms with Crippen molar-refractivity contribution in [3.63, 3.8) is 0 Å². The number of hydrogen-bond acceptors (Lipinski definition) is 5. The van der Waals surface area contributed by atoms with Crippen LogP contribution in [0, 0.1) is 12.7 Å². The Hall–Kier alpha value is -4.08. The summed E-state index contributed by atoms with van der Waals surface area (Å²) in [6.07, 6.45) is 1.47. The first-order chi connectivity index (χ1) is 16.9. The van der Waals surface area contributed by atoms with Gasteiger partial charge in [-0.2, -0.15) is 5.10 Å². The van der Waals surface area contributed by atoms with Gasteiger partial charge in [0.1, 0.15) is 17.3 Å². The second-order valence-corrected chi connectivity index (χ2v) is 8.05. The minimum absolute atomic E-state index is 0.101. The zero-order valence-electron chi connectivity index (χ0n) is 18.8. The van der Waals surface area contributed by atoms with Gasteiger partial charge in [-0.05, 0) is 48.9 Å². The molecule has 2 heterocycles. The Morgan fingerprint density at radius 2 is 1.86 bits per heavy atom. The third-order valence-corrected chi connectivity index (χ3v) is 5.50. The molecule has 0 bridgehead atoms. The molecule has 2 aromatic carbocycles. The fourth-order valence-corrected chi connectivity index (χ4v) is 3.80. The standard InChI is InChI=1S/C25H22ClFN6O2/c1-15-12-19(26)18(13-17(15)23-20(27)8-5-10-29-23)24(34)31-22-14-21(25(35)30-11-9-28)32-33(22)16-6-3-2-4-7-16/h2-8,10,12-14H,9,11,28H2,1H3,(H,30,35)(H,31,34). The van der Waals surface area contributed by atoms with E-state index in [2.05, 4.69) is 20.7 Å². The van der Waals surface area contributed by atoms with E-state index in [0.29, 0.717) is 16.8 Å². The number of nitrogens with zero attached hydrogens (tertiary/aromatic N) is 3. The van der Waals surface area contributed by atoms with Crippen LogP contribution in [0.5, 0.6) is 0 Å². The molecule has 0 aliphatic rings. The molecule has 178 valence electrons. The molecular formula is C25H22ClFN6O2. The number of aromatic nitrogens is 3. The average molecular weight is 493 g/mol. The summed E-state index contributed by atoms with van der Waals surface area (Å²) in [6, 6.07) is 16.3. The maximum absolute atomic E-state index is 14.4. The van der Waals surface area contributed by atoms with E-state index in [1.165, 1.54) is 35.1 Å². The maximum atomic E-state index is 14.4. The van der Waals surface area contributed by atoms with Gasteiger partial charge in [0.15, 0.2) is 5.69 Å². The quantitative estimate of drug-likeness (QED) is 0.361. The molecule has 4 rings (SSSR count). The van der Waals surface area contributed by atoms with Gasteiger partial charge < -0.3 is 16.4 Å². The smallest absolute Gasteiger partial charge is 0.271 e. The van der Waals surface area contributed by atoms with Gasteiger partial charge in [0.25, 0.3) is 11.8 Å². The topological polar surface area (TPSA) is 115 Å². The number of anilines is 1. The van der Waals surface area contributed by atoms with E-state index in [-0.39, 0.29) is 40.9 Å². The van der Waals surface area contributed by atoms with Crippen LogP contribution in [0.25, 0.3) is 16.9 Å². The molecule has 0 saturated carbocycles. The molecular weight excluding hydrogens is 471 g/mol. The number of aryl methyl sites for hydroxylation is 1. The first kappa shape index (κ1) is 24.1. The van der Waals surface area contributed by atoms with Gasteiger partial charge >= 0.3 is 0 Å². The summed E-state index contributed by atoms with van der Waals surface area (Å²) < 4.78 is 15.8. The van der Waals surface area contributed by atoms with Gasteiger partial charge in [-0.25, -0.2) is 9.07 Å². The summed E-state index contributed by atoms with van der Waals surface area (Å²) in [4.78, 5) is 29.9. The van der Waals surface area contributed by atoms with Crippen LogP contribution in [-0.2, 0) is 0 Å². The van der Waals surface area contributed by atoms with Crippen LogP contribution in [-0.4, -0.2) is 39.7 Å². The molecule has 2 aromatic heterocycles. The van der Waals surface area contributed by atoms with E-state index in [1.807, 2.05) is 6.07 Å². The molecule has 0 aliphatic carbocycles. The molecule has 35 heavy (non-hydrogen) atoms. The number of rotatable bonds is 7. The van der Waals surface area contributed by atoms with Gasteiger partial charge in [-0.3, -0.25) is 14.6 Å². The second kappa shape index (κ2) is 10.5. The van der Waals surface area contributed by atoms with Crippen molar-refractivity contribution in [2.24, 2.45) is 5.73 Å². The molecule has 10 heteroatoms. The molecule has 0 aliphatic heterocycles. The summed E-state index contributed by atoms with van der Waals surface area (Å²) in [5.74, 6) is -1.25. The van der Waals surface area contributed by atoms with Gasteiger partial charge in [0.2, 0.25) is 0 Å². The number of amides is 2. The number of carbonyl (C=O) groups is 2. The number of benzene rings is 2. The predicted molar refractivity (Wildman–Crippen MR) is 132 cm³/mol. The highest BCUT2D eigenvalue weighted by Crippen LogP contribution is 2.30. The van der Waals surface area contributed by atoms with E-state index in [0.717, 1.165) is 0 Å². The first-order valence-electron chi connectivity index (χ1n) is 10.7. The SMILES string of the molecule is Cc1cc(Cl)c(C(=O)Nc2cc(C(=O)NCCN)nn2-c2ccccc2)cc1-c1ncccc1F. The Morgan fingerprint density at radius 1 is 1.09 bits per heavy atom. The van der Waals surface area contributed by atoms with Gasteiger partial charge in [-0.1, -0.05) is 29.8 Å². The van der Waals surface area contributed by atoms with Crippen molar-refractivity contribution in [1.82, 2.24) is 20.1 Å². The minimum atomic E-state index is -0.557. The predicted octanol–water partition coefficient (Wildman–Crippen LogP) is 3.98. The second-order valence-electron chi connectivity index (χ2n) is 7.64. The number of halogens is 2. The third kappa shape index (κ3) is 5.21. The number of nitrogens with one attached hydrogen (secondary N) is 2. The molecule has 4 N–H and O–H groups in total. The summed E-state index contributed by atoms with van der Waals surface area (Å²) in [6.45, 7) is 2.32. The summed E-state index contributed by atoms with van der Waals surface area (Å²) in [5.41, 5.74) is 7.53. The Kier molecular flexibility index (Phi) is 7.19. The van der Waals surface area contributed by atoms with Crippen molar-refractivity contribution in [2.45, 2.75) is 6.92 Å². The third-order valence-electron chi connectivity index (χ3n) is 5.19. The Morgan fingerprint density at radius 3 is 2.57 bits per heavy atom. The molecule has 0 saturated heterocycles. The molecule has 0 atom stereocenters. The van der Waals surface area contributed by atoms with Crippen LogP contribution in [0.15, 0.2) is 66.9 Å². The van der Waals surface area contributed by atoms with Crippen LogP contribution in [0.4, 0.5) is 10.2 Å². The highest BCUT2D eigenvalue weighted by molar-refractivity contribution is 6.34. The van der Waals surface area contributed by atoms with Crippen LogP contribution in [0.1, 0.15) is 26.4 Å². The van der Waals surface area contributed by atoms with Crippen molar-refractivity contribution in [3.05, 3.63) is 94.5 Å². The van der Waals surface area contributed by atoms with Crippen molar-refractivity contribution < 1.29 is 14.0 Å². The van der Waals surface area contributed by atoms with Crippen LogP contribution < -0.4 is 16.4 Å². The van der Waals surface area contributed by atoms with Crippen molar-refractivity contribution in [3.8, 4) is 16.9 Å². The number of nitrogens with two attached hydrogens (primary N) is 1. The molecule has 0 fully saturated rings. The number of hydrogen-bond donors (Lipinski definition) is 3. The Bertz CT molecular complexity index is 1390. The Balaban J connectivity index is 1.72. The largest absolute Gasteiger partial charge is 0.349 e. The highest BCUT2D eigenvalue weighted by Gasteiger charge is 2.21. The summed E-state index contributed by atoms with van der Waals surface area (Å²) in [5, 5.41) is 9.96. The zero-order valence-corrected chi connectivity index (χ0v) is 19.5. The lowest BCUT2D eigenvalue weighted by molar-refractivity contribution is 0.0948. The van der Waals surface area contributed by atoms with E-state index < -0.39 is 17.6 Å². The molecule has 8 nitrogen and oxygen atoms in total. The van der Waals surface area contributed by atoms with Crippen molar-refractivity contribution in [1.29, 1.82) is 0 Å². The maximum Gasteiger partial charge on any atom is 0.271 e. The highest BCUT2D eigenvalue weighted by atomic mass is 35.5. The molecule has 4 aromatic rings. The monoisotopic (exact) mass is 492 g/mol. The van der Waals surface area contributed by atoms with Crippen molar-refractivity contribution >= 4 is 29.2 Å². The zero-order chi connectivity index (χ0) is 24.9. The lowest BCUT2D eigenvalue weighted by Crippen LogP contribution is -2.29. The average Bonchev–Trinajstić information content (AvgIpc) is 3.27. The van der Waals surface area contributed by atoms with Crippen LogP contribution in [0.3, 0.4) is 0 Å². The number of para-hydroxylation sites is 1. The van der Waals surface area contributed by atoms with Crippen molar-refractivity contribution in [2.75, 3.05) is 18.4 Å². The summed E-state index contributed by atoms with van der Waals surface area (Å²) in [7, 11) is 0. The van der Waals surface area contributed by atoms with Gasteiger partial charge in [-0.15, -0.1) is 0 Å². The molecule has 2 amide bonds. The van der Waals surface area contributed by atoms with E-state index >= 15 is 0 Å². The van der Waals surface area contributed by atoms with E-state index in [4.69, 9.17) is 17.3 Å². The lowest BCUT2D eigenvalue weighted by Gasteiger charge is -2.13. The Labute approximate surface area is 205 Å². The van der Waals surface area contributed by atoms with Crippen LogP contribution in [0.2, 0.25) is 5.02 Å². The normalized spacial score (nSPS) is 10.7. The first-order valence-corrected chi connectivity index (χ1v) is 11.1. The van der Waals surface area contributed by atoms with Crippen LogP contribution >= 0.6 is 11.6 Å². The van der Waals surface area contributed by atoms with E-state index in [1.54, 1.807) is 37.3 Å². The fraction of sp³-hybridized carbons (Fsp3) is 0.120. The molecule has 0 radical (unpaired) electrons. The molecule has 0 unspecified atom stereocenters. The van der Waals surface area contributed by atoms with E-state index in [9.17, 15) is 14.0 Å². The van der Waals surface area contributed by atoms with Gasteiger partial charge in [0, 0.05) is 30.9 Å². The molecule has 0 spiro atoms.